The van der Waals surface area contributed by atoms with E-state index >= 15 is 0 Å². The van der Waals surface area contributed by atoms with Gasteiger partial charge in [0.15, 0.2) is 0 Å². The molecule has 4 rings (SSSR count). The van der Waals surface area contributed by atoms with Crippen molar-refractivity contribution < 1.29 is 19.4 Å². The molecule has 0 saturated heterocycles. The fraction of sp³-hybridized carbons (Fsp3) is 0.261. The molecule has 0 spiro atoms. The lowest BCUT2D eigenvalue weighted by atomic mass is 10.0. The Kier molecular flexibility index (Phi) is 6.20. The number of fused-ring (bicyclic) bond motifs is 1. The zero-order valence-electron chi connectivity index (χ0n) is 16.0. The second-order valence-corrected chi connectivity index (χ2v) is 6.95. The van der Waals surface area contributed by atoms with E-state index in [9.17, 15) is 9.59 Å². The number of nitrogens with zero attached hydrogens (tertiary/aromatic N) is 2. The monoisotopic (exact) mass is 407 g/mol. The number of ether oxygens (including phenoxy) is 1. The van der Waals surface area contributed by atoms with Crippen molar-refractivity contribution in [2.45, 2.75) is 26.8 Å². The Morgan fingerprint density at radius 2 is 1.93 bits per heavy atom. The van der Waals surface area contributed by atoms with Crippen molar-refractivity contribution in [2.24, 2.45) is 0 Å². The van der Waals surface area contributed by atoms with E-state index in [0.29, 0.717) is 30.8 Å². The average Bonchev–Trinajstić information content (AvgIpc) is 3.27. The number of aliphatic carboxylic acids is 1. The molecule has 30 heavy (non-hydrogen) atoms. The predicted molar refractivity (Wildman–Crippen MR) is 115 cm³/mol. The summed E-state index contributed by atoms with van der Waals surface area (Å²) >= 11 is 0. The molecule has 156 valence electrons. The predicted octanol–water partition coefficient (Wildman–Crippen LogP) is 3.62. The molecule has 0 bridgehead atoms. The molecule has 7 heteroatoms. The number of rotatable bonds is 7. The molecule has 0 aliphatic carbocycles. The summed E-state index contributed by atoms with van der Waals surface area (Å²) < 4.78 is 5.49. The van der Waals surface area contributed by atoms with Gasteiger partial charge in [0.25, 0.3) is 5.91 Å². The number of para-hydroxylation sites is 2. The number of imidazole rings is 1. The highest BCUT2D eigenvalue weighted by molar-refractivity contribution is 6.22. The smallest absolute Gasteiger partial charge is 0.303 e. The van der Waals surface area contributed by atoms with Gasteiger partial charge < -0.3 is 19.7 Å². The number of H-pyrrole nitrogens is 1. The molecule has 2 aromatic carbocycles. The number of carboxylic acids is 1. The van der Waals surface area contributed by atoms with Crippen molar-refractivity contribution in [3.8, 4) is 0 Å². The fourth-order valence-electron chi connectivity index (χ4n) is 3.53. The Balaban J connectivity index is 0.00000256. The van der Waals surface area contributed by atoms with Crippen LogP contribution >= 0.6 is 0 Å². The zero-order valence-corrected chi connectivity index (χ0v) is 16.0. The van der Waals surface area contributed by atoms with Gasteiger partial charge in [-0.25, -0.2) is 4.98 Å². The quantitative estimate of drug-likeness (QED) is 0.624. The molecule has 0 atom stereocenters. The number of aromatic amines is 1. The summed E-state index contributed by atoms with van der Waals surface area (Å²) in [5.74, 6) is 0.399. The number of aryl methyl sites for hydroxylation is 1. The largest absolute Gasteiger partial charge is 0.498 e. The van der Waals surface area contributed by atoms with Gasteiger partial charge in [-0.3, -0.25) is 9.59 Å². The highest BCUT2D eigenvalue weighted by Crippen LogP contribution is 2.30. The van der Waals surface area contributed by atoms with Crippen LogP contribution < -0.4 is 0 Å². The third kappa shape index (κ3) is 4.20. The van der Waals surface area contributed by atoms with E-state index < -0.39 is 5.97 Å². The maximum atomic E-state index is 13.1. The molecular formula is C23H25N3O4. The van der Waals surface area contributed by atoms with Gasteiger partial charge in [0.1, 0.15) is 11.6 Å². The fourth-order valence-corrected chi connectivity index (χ4v) is 3.53. The van der Waals surface area contributed by atoms with Crippen molar-refractivity contribution >= 4 is 28.5 Å². The molecule has 1 aliphatic rings. The first kappa shape index (κ1) is 21.1. The molecule has 1 aliphatic heterocycles. The highest BCUT2D eigenvalue weighted by Gasteiger charge is 2.32. The van der Waals surface area contributed by atoms with Crippen LogP contribution in [0.15, 0.2) is 54.3 Å². The standard InChI is InChI=1S/C22H21N3O4.CH4/c1-29-18-12-25(13-19-23-16-4-2-3-5-17(16)24-19)22(28)21(18)15-9-6-14(7-10-15)8-11-20(26)27;/h2-7,9-10H,8,11-13H2,1H3,(H,23,24)(H,26,27);1H4. The minimum atomic E-state index is -0.828. The molecule has 1 amide bonds. The van der Waals surface area contributed by atoms with Crippen LogP contribution in [0.4, 0.5) is 0 Å². The lowest BCUT2D eigenvalue weighted by Gasteiger charge is -2.14. The maximum Gasteiger partial charge on any atom is 0.303 e. The molecule has 7 nitrogen and oxygen atoms in total. The number of benzene rings is 2. The molecule has 2 N–H and O–H groups in total. The van der Waals surface area contributed by atoms with Gasteiger partial charge in [-0.05, 0) is 29.7 Å². The Labute approximate surface area is 175 Å². The minimum Gasteiger partial charge on any atom is -0.498 e. The van der Waals surface area contributed by atoms with Gasteiger partial charge in [0.05, 0.1) is 36.8 Å². The number of hydrogen-bond acceptors (Lipinski definition) is 4. The molecule has 3 aromatic rings. The van der Waals surface area contributed by atoms with Gasteiger partial charge in [0.2, 0.25) is 0 Å². The van der Waals surface area contributed by atoms with Crippen LogP contribution in [-0.2, 0) is 27.3 Å². The van der Waals surface area contributed by atoms with E-state index in [-0.39, 0.29) is 19.8 Å². The van der Waals surface area contributed by atoms with Gasteiger partial charge >= 0.3 is 5.97 Å². The molecule has 0 saturated carbocycles. The normalized spacial score (nSPS) is 13.6. The van der Waals surface area contributed by atoms with E-state index in [1.165, 1.54) is 0 Å². The number of aromatic nitrogens is 2. The third-order valence-electron chi connectivity index (χ3n) is 5.01. The summed E-state index contributed by atoms with van der Waals surface area (Å²) in [5.41, 5.74) is 4.02. The van der Waals surface area contributed by atoms with Crippen molar-refractivity contribution in [3.05, 3.63) is 71.2 Å². The first-order chi connectivity index (χ1) is 14.0. The van der Waals surface area contributed by atoms with Crippen molar-refractivity contribution in [1.82, 2.24) is 14.9 Å². The topological polar surface area (TPSA) is 95.5 Å². The number of carbonyl (C=O) groups is 2. The number of amides is 1. The van der Waals surface area contributed by atoms with Gasteiger partial charge in [-0.15, -0.1) is 0 Å². The lowest BCUT2D eigenvalue weighted by molar-refractivity contribution is -0.137. The van der Waals surface area contributed by atoms with Crippen LogP contribution in [0.25, 0.3) is 16.6 Å². The average molecular weight is 407 g/mol. The van der Waals surface area contributed by atoms with Crippen LogP contribution in [0.3, 0.4) is 0 Å². The Hall–Kier alpha value is -3.61. The molecule has 2 heterocycles. The first-order valence-corrected chi connectivity index (χ1v) is 9.36. The summed E-state index contributed by atoms with van der Waals surface area (Å²) in [5, 5.41) is 8.82. The van der Waals surface area contributed by atoms with Crippen LogP contribution in [0, 0.1) is 0 Å². The SMILES string of the molecule is C.COC1=C(c2ccc(CCC(=O)O)cc2)C(=O)N(Cc2nc3ccccc3[nH]2)C1. The Bertz CT molecular complexity index is 1070. The van der Waals surface area contributed by atoms with Crippen LogP contribution in [0.5, 0.6) is 0 Å². The summed E-state index contributed by atoms with van der Waals surface area (Å²) in [6, 6.07) is 15.1. The Morgan fingerprint density at radius 3 is 2.60 bits per heavy atom. The van der Waals surface area contributed by atoms with Crippen LogP contribution in [0.2, 0.25) is 0 Å². The molecule has 0 unspecified atom stereocenters. The summed E-state index contributed by atoms with van der Waals surface area (Å²) in [6.45, 7) is 0.739. The second kappa shape index (κ2) is 8.82. The highest BCUT2D eigenvalue weighted by atomic mass is 16.5. The summed E-state index contributed by atoms with van der Waals surface area (Å²) in [4.78, 5) is 33.3. The Morgan fingerprint density at radius 1 is 1.20 bits per heavy atom. The number of nitrogens with one attached hydrogen (secondary N) is 1. The number of hydrogen-bond donors (Lipinski definition) is 2. The summed E-state index contributed by atoms with van der Waals surface area (Å²) in [7, 11) is 1.56. The minimum absolute atomic E-state index is 0. The van der Waals surface area contributed by atoms with Crippen molar-refractivity contribution in [1.29, 1.82) is 0 Å². The number of methoxy groups -OCH3 is 1. The lowest BCUT2D eigenvalue weighted by Crippen LogP contribution is -2.27. The van der Waals surface area contributed by atoms with E-state index in [0.717, 1.165) is 28.0 Å². The van der Waals surface area contributed by atoms with E-state index in [4.69, 9.17) is 9.84 Å². The van der Waals surface area contributed by atoms with Crippen LogP contribution in [-0.4, -0.2) is 45.5 Å². The maximum absolute atomic E-state index is 13.1. The molecule has 0 radical (unpaired) electrons. The molecular weight excluding hydrogens is 382 g/mol. The molecule has 0 fully saturated rings. The van der Waals surface area contributed by atoms with E-state index in [1.54, 1.807) is 12.0 Å². The van der Waals surface area contributed by atoms with Crippen molar-refractivity contribution in [3.63, 3.8) is 0 Å². The van der Waals surface area contributed by atoms with Crippen LogP contribution in [0.1, 0.15) is 30.8 Å². The van der Waals surface area contributed by atoms with E-state index in [2.05, 4.69) is 9.97 Å². The number of carbonyl (C=O) groups excluding carboxylic acids is 1. The van der Waals surface area contributed by atoms with Gasteiger partial charge in [-0.2, -0.15) is 0 Å². The zero-order chi connectivity index (χ0) is 20.4. The second-order valence-electron chi connectivity index (χ2n) is 6.95. The molecule has 1 aromatic heterocycles. The van der Waals surface area contributed by atoms with Gasteiger partial charge in [-0.1, -0.05) is 43.8 Å². The third-order valence-corrected chi connectivity index (χ3v) is 5.01. The number of carboxylic acid groups (broad SMARTS) is 1. The summed E-state index contributed by atoms with van der Waals surface area (Å²) in [6.07, 6.45) is 0.535. The van der Waals surface area contributed by atoms with E-state index in [1.807, 2.05) is 48.5 Å². The van der Waals surface area contributed by atoms with Gasteiger partial charge in [0, 0.05) is 6.42 Å². The first-order valence-electron chi connectivity index (χ1n) is 9.36. The van der Waals surface area contributed by atoms with Crippen molar-refractivity contribution in [2.75, 3.05) is 13.7 Å².